The molecule has 1 atom stereocenters. The van der Waals surface area contributed by atoms with Crippen LogP contribution in [0.3, 0.4) is 0 Å². The van der Waals surface area contributed by atoms with Crippen molar-refractivity contribution >= 4 is 6.21 Å². The minimum Gasteiger partial charge on any atom is -0.288 e. The summed E-state index contributed by atoms with van der Waals surface area (Å²) in [5.41, 5.74) is 1.16. The van der Waals surface area contributed by atoms with Gasteiger partial charge in [0.1, 0.15) is 6.17 Å². The van der Waals surface area contributed by atoms with Crippen LogP contribution in [0.15, 0.2) is 35.3 Å². The van der Waals surface area contributed by atoms with Crippen molar-refractivity contribution in [2.24, 2.45) is 4.99 Å². The van der Waals surface area contributed by atoms with E-state index in [0.29, 0.717) is 0 Å². The molecule has 0 aromatic heterocycles. The van der Waals surface area contributed by atoms with Crippen LogP contribution in [0, 0.1) is 0 Å². The first kappa shape index (κ1) is 10.9. The summed E-state index contributed by atoms with van der Waals surface area (Å²) in [6.45, 7) is 2.15. The molecule has 2 nitrogen and oxygen atoms in total. The normalized spacial score (nSPS) is 13.7. The van der Waals surface area contributed by atoms with Crippen LogP contribution in [0.4, 0.5) is 0 Å². The Morgan fingerprint density at radius 3 is 2.43 bits per heavy atom. The maximum atomic E-state index is 4.51. The van der Waals surface area contributed by atoms with Crippen molar-refractivity contribution < 1.29 is 0 Å². The Bertz CT molecular complexity index is 278. The minimum atomic E-state index is 0.287. The molecular formula is C12H18N2. The Hall–Kier alpha value is -1.15. The molecule has 0 saturated heterocycles. The van der Waals surface area contributed by atoms with E-state index in [4.69, 9.17) is 0 Å². The lowest BCUT2D eigenvalue weighted by molar-refractivity contribution is 0.296. The highest BCUT2D eigenvalue weighted by Gasteiger charge is 2.03. The van der Waals surface area contributed by atoms with Gasteiger partial charge < -0.3 is 0 Å². The molecule has 0 fully saturated rings. The van der Waals surface area contributed by atoms with E-state index >= 15 is 0 Å². The van der Waals surface area contributed by atoms with Gasteiger partial charge >= 0.3 is 0 Å². The van der Waals surface area contributed by atoms with Gasteiger partial charge in [0, 0.05) is 6.21 Å². The van der Waals surface area contributed by atoms with Crippen molar-refractivity contribution in [3.05, 3.63) is 35.9 Å². The van der Waals surface area contributed by atoms with E-state index in [1.807, 2.05) is 24.4 Å². The van der Waals surface area contributed by atoms with Gasteiger partial charge in [-0.1, -0.05) is 37.3 Å². The van der Waals surface area contributed by atoms with E-state index in [-0.39, 0.29) is 6.17 Å². The van der Waals surface area contributed by atoms with E-state index in [9.17, 15) is 0 Å². The van der Waals surface area contributed by atoms with E-state index in [0.717, 1.165) is 12.0 Å². The Balaban J connectivity index is 2.63. The van der Waals surface area contributed by atoms with Crippen molar-refractivity contribution in [1.29, 1.82) is 0 Å². The fraction of sp³-hybridized carbons (Fsp3) is 0.417. The molecule has 0 saturated carbocycles. The van der Waals surface area contributed by atoms with Crippen molar-refractivity contribution in [3.8, 4) is 0 Å². The lowest BCUT2D eigenvalue weighted by atomic mass is 10.2. The highest BCUT2D eigenvalue weighted by Crippen LogP contribution is 2.01. The van der Waals surface area contributed by atoms with E-state index < -0.39 is 0 Å². The minimum absolute atomic E-state index is 0.287. The molecule has 0 radical (unpaired) electrons. The zero-order valence-corrected chi connectivity index (χ0v) is 9.14. The van der Waals surface area contributed by atoms with Gasteiger partial charge in [0.2, 0.25) is 0 Å². The monoisotopic (exact) mass is 190 g/mol. The van der Waals surface area contributed by atoms with Crippen LogP contribution in [0.1, 0.15) is 18.9 Å². The summed E-state index contributed by atoms with van der Waals surface area (Å²) in [5.74, 6) is 0. The van der Waals surface area contributed by atoms with Crippen LogP contribution in [0.25, 0.3) is 0 Å². The van der Waals surface area contributed by atoms with Crippen molar-refractivity contribution in [3.63, 3.8) is 0 Å². The highest BCUT2D eigenvalue weighted by molar-refractivity contribution is 5.79. The first-order valence-corrected chi connectivity index (χ1v) is 4.98. The predicted molar refractivity (Wildman–Crippen MR) is 61.8 cm³/mol. The van der Waals surface area contributed by atoms with Gasteiger partial charge in [-0.25, -0.2) is 0 Å². The first-order valence-electron chi connectivity index (χ1n) is 4.98. The smallest absolute Gasteiger partial charge is 0.101 e. The van der Waals surface area contributed by atoms with Crippen LogP contribution in [-0.4, -0.2) is 31.4 Å². The average Bonchev–Trinajstić information content (AvgIpc) is 2.20. The third-order valence-corrected chi connectivity index (χ3v) is 2.16. The van der Waals surface area contributed by atoms with Gasteiger partial charge in [0.15, 0.2) is 0 Å². The molecule has 0 heterocycles. The number of nitrogens with zero attached hydrogens (tertiary/aromatic N) is 2. The number of rotatable bonds is 4. The Labute approximate surface area is 86.3 Å². The number of hydrogen-bond donors (Lipinski definition) is 0. The maximum absolute atomic E-state index is 4.51. The number of hydrogen-bond acceptors (Lipinski definition) is 2. The summed E-state index contributed by atoms with van der Waals surface area (Å²) in [7, 11) is 4.10. The molecule has 1 rings (SSSR count). The zero-order valence-electron chi connectivity index (χ0n) is 9.14. The number of aliphatic imine (C=N–C) groups is 1. The highest BCUT2D eigenvalue weighted by atomic mass is 15.2. The zero-order chi connectivity index (χ0) is 10.4. The van der Waals surface area contributed by atoms with E-state index in [1.165, 1.54) is 0 Å². The van der Waals surface area contributed by atoms with Gasteiger partial charge in [-0.2, -0.15) is 0 Å². The van der Waals surface area contributed by atoms with Gasteiger partial charge in [0.25, 0.3) is 0 Å². The molecule has 14 heavy (non-hydrogen) atoms. The van der Waals surface area contributed by atoms with Crippen LogP contribution in [0.2, 0.25) is 0 Å². The molecule has 0 aliphatic rings. The molecule has 0 bridgehead atoms. The number of benzene rings is 1. The van der Waals surface area contributed by atoms with Crippen molar-refractivity contribution in [2.75, 3.05) is 14.1 Å². The maximum Gasteiger partial charge on any atom is 0.101 e. The Morgan fingerprint density at radius 2 is 1.93 bits per heavy atom. The molecule has 1 aromatic rings. The predicted octanol–water partition coefficient (Wildman–Crippen LogP) is 2.40. The van der Waals surface area contributed by atoms with Crippen LogP contribution >= 0.6 is 0 Å². The van der Waals surface area contributed by atoms with E-state index in [2.05, 4.69) is 43.0 Å². The molecule has 0 aliphatic carbocycles. The lowest BCUT2D eigenvalue weighted by Crippen LogP contribution is -2.25. The molecule has 0 aliphatic heterocycles. The summed E-state index contributed by atoms with van der Waals surface area (Å²) in [6.07, 6.45) is 3.26. The molecule has 0 amide bonds. The SMILES string of the molecule is CCC(N=Cc1ccccc1)N(C)C. The molecule has 1 aromatic carbocycles. The largest absolute Gasteiger partial charge is 0.288 e. The summed E-state index contributed by atoms with van der Waals surface area (Å²) < 4.78 is 0. The summed E-state index contributed by atoms with van der Waals surface area (Å²) in [4.78, 5) is 6.64. The first-order chi connectivity index (χ1) is 6.74. The third-order valence-electron chi connectivity index (χ3n) is 2.16. The molecule has 0 spiro atoms. The second kappa shape index (κ2) is 5.55. The van der Waals surface area contributed by atoms with Gasteiger partial charge in [-0.05, 0) is 26.1 Å². The standard InChI is InChI=1S/C12H18N2/c1-4-12(14(2)3)13-10-11-8-6-5-7-9-11/h5-10,12H,4H2,1-3H3. The van der Waals surface area contributed by atoms with Gasteiger partial charge in [-0.15, -0.1) is 0 Å². The second-order valence-corrected chi connectivity index (χ2v) is 3.54. The topological polar surface area (TPSA) is 15.6 Å². The van der Waals surface area contributed by atoms with E-state index in [1.54, 1.807) is 0 Å². The fourth-order valence-electron chi connectivity index (χ4n) is 1.32. The molecule has 2 heteroatoms. The van der Waals surface area contributed by atoms with Crippen LogP contribution < -0.4 is 0 Å². The Kier molecular flexibility index (Phi) is 4.33. The second-order valence-electron chi connectivity index (χ2n) is 3.54. The van der Waals surface area contributed by atoms with Gasteiger partial charge in [0.05, 0.1) is 0 Å². The quantitative estimate of drug-likeness (QED) is 0.666. The molecule has 1 unspecified atom stereocenters. The van der Waals surface area contributed by atoms with Crippen LogP contribution in [-0.2, 0) is 0 Å². The van der Waals surface area contributed by atoms with Crippen molar-refractivity contribution in [1.82, 2.24) is 4.90 Å². The average molecular weight is 190 g/mol. The fourth-order valence-corrected chi connectivity index (χ4v) is 1.32. The molecule has 76 valence electrons. The summed E-state index contributed by atoms with van der Waals surface area (Å²) in [5, 5.41) is 0. The lowest BCUT2D eigenvalue weighted by Gasteiger charge is -2.17. The van der Waals surface area contributed by atoms with Gasteiger partial charge in [-0.3, -0.25) is 9.89 Å². The molecular weight excluding hydrogens is 172 g/mol. The molecule has 0 N–H and O–H groups in total. The summed E-state index contributed by atoms with van der Waals surface area (Å²) >= 11 is 0. The van der Waals surface area contributed by atoms with Crippen molar-refractivity contribution in [2.45, 2.75) is 19.5 Å². The third kappa shape index (κ3) is 3.30. The Morgan fingerprint density at radius 1 is 1.29 bits per heavy atom. The summed E-state index contributed by atoms with van der Waals surface area (Å²) in [6, 6.07) is 10.2. The van der Waals surface area contributed by atoms with Crippen LogP contribution in [0.5, 0.6) is 0 Å².